The Morgan fingerprint density at radius 2 is 1.82 bits per heavy atom. The quantitative estimate of drug-likeness (QED) is 0.682. The average Bonchev–Trinajstić information content (AvgIpc) is 3.19. The number of nitrogen functional groups attached to an aromatic ring is 1. The normalized spacial score (nSPS) is 16.2. The van der Waals surface area contributed by atoms with Crippen LogP contribution in [0.3, 0.4) is 0 Å². The number of rotatable bonds is 4. The molecule has 0 amide bonds. The number of fused-ring (bicyclic) bond motifs is 1. The Labute approximate surface area is 167 Å². The third-order valence-electron chi connectivity index (χ3n) is 4.73. The molecule has 0 bridgehead atoms. The molecule has 8 heteroatoms. The van der Waals surface area contributed by atoms with E-state index in [-0.39, 0.29) is 6.04 Å². The van der Waals surface area contributed by atoms with Crippen LogP contribution in [0.5, 0.6) is 11.5 Å². The molecule has 1 aliphatic heterocycles. The second-order valence-electron chi connectivity index (χ2n) is 6.55. The van der Waals surface area contributed by atoms with Gasteiger partial charge in [-0.15, -0.1) is 10.2 Å². The minimum Gasteiger partial charge on any atom is -0.493 e. The summed E-state index contributed by atoms with van der Waals surface area (Å²) in [5, 5.41) is 15.9. The van der Waals surface area contributed by atoms with Crippen molar-refractivity contribution < 1.29 is 9.47 Å². The molecule has 0 saturated carbocycles. The lowest BCUT2D eigenvalue weighted by Gasteiger charge is -2.21. The van der Waals surface area contributed by atoms with E-state index >= 15 is 0 Å². The standard InChI is InChI=1S/C20H21N5O2S/c1-12-8-14-9-17(26-2)18(27-3)10-16(14)19(13-4-6-15(21)7-5-13)24-25(12)20-23-22-11-28-20/h4-7,9-12H,8,21H2,1-3H3/t12-/m1/s1. The van der Waals surface area contributed by atoms with Crippen molar-refractivity contribution in [3.63, 3.8) is 0 Å². The minimum atomic E-state index is 0.0936. The maximum atomic E-state index is 5.89. The molecular weight excluding hydrogens is 374 g/mol. The molecular formula is C20H21N5O2S. The molecule has 0 radical (unpaired) electrons. The van der Waals surface area contributed by atoms with E-state index < -0.39 is 0 Å². The summed E-state index contributed by atoms with van der Waals surface area (Å²) in [6.45, 7) is 2.12. The molecule has 3 aromatic rings. The van der Waals surface area contributed by atoms with Crippen molar-refractivity contribution in [1.29, 1.82) is 0 Å². The number of hydrazone groups is 1. The number of hydrogen-bond donors (Lipinski definition) is 1. The van der Waals surface area contributed by atoms with E-state index in [1.54, 1.807) is 19.7 Å². The van der Waals surface area contributed by atoms with Gasteiger partial charge in [0.25, 0.3) is 0 Å². The number of nitrogens with two attached hydrogens (primary N) is 1. The molecule has 0 saturated heterocycles. The third-order valence-corrected chi connectivity index (χ3v) is 5.41. The zero-order chi connectivity index (χ0) is 19.7. The van der Waals surface area contributed by atoms with Gasteiger partial charge in [0, 0.05) is 16.8 Å². The predicted molar refractivity (Wildman–Crippen MR) is 112 cm³/mol. The van der Waals surface area contributed by atoms with Gasteiger partial charge in [0.1, 0.15) is 5.51 Å². The Morgan fingerprint density at radius 3 is 2.46 bits per heavy atom. The SMILES string of the molecule is COc1cc2c(cc1OC)C(c1ccc(N)cc1)=NN(c1nncs1)[C@H](C)C2. The van der Waals surface area contributed by atoms with Crippen LogP contribution < -0.4 is 20.2 Å². The molecule has 28 heavy (non-hydrogen) atoms. The molecule has 2 aromatic carbocycles. The number of benzene rings is 2. The lowest BCUT2D eigenvalue weighted by molar-refractivity contribution is 0.354. The number of methoxy groups -OCH3 is 2. The van der Waals surface area contributed by atoms with Gasteiger partial charge < -0.3 is 15.2 Å². The number of hydrogen-bond acceptors (Lipinski definition) is 8. The summed E-state index contributed by atoms with van der Waals surface area (Å²) in [6, 6.07) is 11.8. The van der Waals surface area contributed by atoms with Crippen molar-refractivity contribution in [2.45, 2.75) is 19.4 Å². The van der Waals surface area contributed by atoms with Crippen molar-refractivity contribution in [3.05, 3.63) is 58.6 Å². The Balaban J connectivity index is 1.94. The molecule has 2 N–H and O–H groups in total. The van der Waals surface area contributed by atoms with Gasteiger partial charge in [-0.05, 0) is 43.2 Å². The largest absolute Gasteiger partial charge is 0.493 e. The first-order valence-electron chi connectivity index (χ1n) is 8.86. The molecule has 144 valence electrons. The van der Waals surface area contributed by atoms with Gasteiger partial charge in [-0.1, -0.05) is 23.5 Å². The average molecular weight is 395 g/mol. The monoisotopic (exact) mass is 395 g/mol. The fourth-order valence-corrected chi connectivity index (χ4v) is 3.94. The van der Waals surface area contributed by atoms with E-state index in [2.05, 4.69) is 17.1 Å². The van der Waals surface area contributed by atoms with Gasteiger partial charge in [-0.2, -0.15) is 5.10 Å². The van der Waals surface area contributed by atoms with Crippen LogP contribution in [0.15, 0.2) is 47.0 Å². The highest BCUT2D eigenvalue weighted by Gasteiger charge is 2.27. The molecule has 0 spiro atoms. The number of nitrogens with zero attached hydrogens (tertiary/aromatic N) is 4. The second kappa shape index (κ2) is 7.47. The van der Waals surface area contributed by atoms with Crippen molar-refractivity contribution in [2.75, 3.05) is 25.0 Å². The molecule has 0 unspecified atom stereocenters. The van der Waals surface area contributed by atoms with Crippen LogP contribution in [-0.4, -0.2) is 36.2 Å². The first kappa shape index (κ1) is 18.2. The maximum Gasteiger partial charge on any atom is 0.228 e. The highest BCUT2D eigenvalue weighted by atomic mass is 32.1. The van der Waals surface area contributed by atoms with Crippen LogP contribution in [0.25, 0.3) is 0 Å². The molecule has 7 nitrogen and oxygen atoms in total. The van der Waals surface area contributed by atoms with Gasteiger partial charge in [0.05, 0.1) is 26.0 Å². The van der Waals surface area contributed by atoms with Gasteiger partial charge in [0.2, 0.25) is 5.13 Å². The first-order valence-corrected chi connectivity index (χ1v) is 9.74. The number of ether oxygens (including phenoxy) is 2. The summed E-state index contributed by atoms with van der Waals surface area (Å²) >= 11 is 1.46. The van der Waals surface area contributed by atoms with Crippen molar-refractivity contribution in [3.8, 4) is 11.5 Å². The molecule has 2 heterocycles. The summed E-state index contributed by atoms with van der Waals surface area (Å²) in [5.41, 5.74) is 12.2. The Hall–Kier alpha value is -3.13. The molecule has 0 fully saturated rings. The smallest absolute Gasteiger partial charge is 0.228 e. The molecule has 1 aromatic heterocycles. The van der Waals surface area contributed by atoms with E-state index in [0.717, 1.165) is 34.0 Å². The predicted octanol–water partition coefficient (Wildman–Crippen LogP) is 3.34. The van der Waals surface area contributed by atoms with E-state index in [1.807, 2.05) is 41.4 Å². The summed E-state index contributed by atoms with van der Waals surface area (Å²) in [7, 11) is 3.28. The van der Waals surface area contributed by atoms with Crippen LogP contribution in [-0.2, 0) is 6.42 Å². The first-order chi connectivity index (χ1) is 13.6. The lowest BCUT2D eigenvalue weighted by atomic mass is 9.94. The van der Waals surface area contributed by atoms with Crippen molar-refractivity contribution in [2.24, 2.45) is 5.10 Å². The van der Waals surface area contributed by atoms with Crippen LogP contribution >= 0.6 is 11.3 Å². The van der Waals surface area contributed by atoms with Gasteiger partial charge in [-0.3, -0.25) is 0 Å². The van der Waals surface area contributed by atoms with Gasteiger partial charge in [0.15, 0.2) is 11.5 Å². The van der Waals surface area contributed by atoms with Crippen molar-refractivity contribution in [1.82, 2.24) is 10.2 Å². The summed E-state index contributed by atoms with van der Waals surface area (Å²) in [6.07, 6.45) is 0.775. The second-order valence-corrected chi connectivity index (χ2v) is 7.37. The third kappa shape index (κ3) is 3.27. The highest BCUT2D eigenvalue weighted by Crippen LogP contribution is 2.35. The summed E-state index contributed by atoms with van der Waals surface area (Å²) in [4.78, 5) is 0. The summed E-state index contributed by atoms with van der Waals surface area (Å²) in [5.74, 6) is 1.37. The molecule has 4 rings (SSSR count). The van der Waals surface area contributed by atoms with Crippen LogP contribution in [0.4, 0.5) is 10.8 Å². The molecule has 1 atom stereocenters. The fraction of sp³-hybridized carbons (Fsp3) is 0.250. The Morgan fingerprint density at radius 1 is 1.11 bits per heavy atom. The Kier molecular flexibility index (Phi) is 4.87. The molecule has 1 aliphatic rings. The van der Waals surface area contributed by atoms with Gasteiger partial charge >= 0.3 is 0 Å². The van der Waals surface area contributed by atoms with E-state index in [1.165, 1.54) is 11.3 Å². The number of aromatic nitrogens is 2. The molecule has 0 aliphatic carbocycles. The zero-order valence-electron chi connectivity index (χ0n) is 15.9. The van der Waals surface area contributed by atoms with Crippen LogP contribution in [0.2, 0.25) is 0 Å². The Bertz CT molecular complexity index is 1000. The van der Waals surface area contributed by atoms with Crippen LogP contribution in [0.1, 0.15) is 23.6 Å². The highest BCUT2D eigenvalue weighted by molar-refractivity contribution is 7.13. The maximum absolute atomic E-state index is 5.89. The minimum absolute atomic E-state index is 0.0936. The van der Waals surface area contributed by atoms with Gasteiger partial charge in [-0.25, -0.2) is 5.01 Å². The van der Waals surface area contributed by atoms with E-state index in [0.29, 0.717) is 17.2 Å². The zero-order valence-corrected chi connectivity index (χ0v) is 16.7. The van der Waals surface area contributed by atoms with Crippen LogP contribution in [0, 0.1) is 0 Å². The van der Waals surface area contributed by atoms with Crippen molar-refractivity contribution >= 4 is 27.9 Å². The van der Waals surface area contributed by atoms with E-state index in [9.17, 15) is 0 Å². The summed E-state index contributed by atoms with van der Waals surface area (Å²) < 4.78 is 11.1. The lowest BCUT2D eigenvalue weighted by Crippen LogP contribution is -2.29. The topological polar surface area (TPSA) is 85.9 Å². The number of anilines is 2. The van der Waals surface area contributed by atoms with E-state index in [4.69, 9.17) is 20.3 Å². The fourth-order valence-electron chi connectivity index (χ4n) is 3.33.